The van der Waals surface area contributed by atoms with Crippen LogP contribution in [-0.4, -0.2) is 9.97 Å². The van der Waals surface area contributed by atoms with Crippen molar-refractivity contribution in [2.45, 2.75) is 6.54 Å². The largest absolute Gasteiger partial charge is 0.365 e. The zero-order valence-electron chi connectivity index (χ0n) is 13.8. The van der Waals surface area contributed by atoms with E-state index in [1.807, 2.05) is 48.5 Å². The van der Waals surface area contributed by atoms with E-state index in [-0.39, 0.29) is 0 Å². The first kappa shape index (κ1) is 16.8. The van der Waals surface area contributed by atoms with Gasteiger partial charge in [0.2, 0.25) is 0 Å². The summed E-state index contributed by atoms with van der Waals surface area (Å²) < 4.78 is 0. The highest BCUT2D eigenvalue weighted by atomic mass is 35.5. The molecule has 0 aliphatic carbocycles. The van der Waals surface area contributed by atoms with Gasteiger partial charge in [-0.25, -0.2) is 9.97 Å². The smallest absolute Gasteiger partial charge is 0.162 e. The van der Waals surface area contributed by atoms with Gasteiger partial charge in [-0.2, -0.15) is 0 Å². The van der Waals surface area contributed by atoms with Gasteiger partial charge in [-0.3, -0.25) is 0 Å². The second kappa shape index (κ2) is 7.32. The highest BCUT2D eigenvalue weighted by Crippen LogP contribution is 2.29. The highest BCUT2D eigenvalue weighted by Gasteiger charge is 2.10. The number of halogens is 2. The molecule has 26 heavy (non-hydrogen) atoms. The quantitative estimate of drug-likeness (QED) is 0.457. The fourth-order valence-electron chi connectivity index (χ4n) is 2.76. The molecular weight excluding hydrogens is 365 g/mol. The molecule has 0 unspecified atom stereocenters. The molecule has 0 saturated heterocycles. The van der Waals surface area contributed by atoms with Crippen molar-refractivity contribution >= 4 is 39.9 Å². The highest BCUT2D eigenvalue weighted by molar-refractivity contribution is 6.42. The lowest BCUT2D eigenvalue weighted by molar-refractivity contribution is 1.11. The van der Waals surface area contributed by atoms with Crippen molar-refractivity contribution in [2.24, 2.45) is 0 Å². The molecule has 1 heterocycles. The number of para-hydroxylation sites is 1. The lowest BCUT2D eigenvalue weighted by Gasteiger charge is -2.11. The van der Waals surface area contributed by atoms with Crippen LogP contribution in [0.25, 0.3) is 22.3 Å². The van der Waals surface area contributed by atoms with Crippen LogP contribution in [0, 0.1) is 0 Å². The van der Waals surface area contributed by atoms with E-state index in [2.05, 4.69) is 22.4 Å². The number of hydrogen-bond acceptors (Lipinski definition) is 3. The normalized spacial score (nSPS) is 10.8. The van der Waals surface area contributed by atoms with E-state index in [0.717, 1.165) is 22.3 Å². The molecule has 0 bridgehead atoms. The van der Waals surface area contributed by atoms with E-state index in [9.17, 15) is 0 Å². The van der Waals surface area contributed by atoms with E-state index in [1.165, 1.54) is 5.56 Å². The minimum absolute atomic E-state index is 0.486. The summed E-state index contributed by atoms with van der Waals surface area (Å²) >= 11 is 12.2. The van der Waals surface area contributed by atoms with Crippen LogP contribution >= 0.6 is 23.2 Å². The predicted molar refractivity (Wildman–Crippen MR) is 109 cm³/mol. The zero-order valence-corrected chi connectivity index (χ0v) is 15.3. The molecule has 0 spiro atoms. The van der Waals surface area contributed by atoms with Crippen LogP contribution in [0.3, 0.4) is 0 Å². The summed E-state index contributed by atoms with van der Waals surface area (Å²) in [5.74, 6) is 1.40. The molecule has 1 N–H and O–H groups in total. The first-order valence-electron chi connectivity index (χ1n) is 8.21. The molecule has 0 aliphatic rings. The number of benzene rings is 3. The summed E-state index contributed by atoms with van der Waals surface area (Å²) in [6.45, 7) is 0.683. The molecule has 0 radical (unpaired) electrons. The molecule has 0 fully saturated rings. The minimum Gasteiger partial charge on any atom is -0.365 e. The van der Waals surface area contributed by atoms with Gasteiger partial charge in [0.1, 0.15) is 5.82 Å². The zero-order chi connectivity index (χ0) is 17.9. The average Bonchev–Trinajstić information content (AvgIpc) is 2.69. The molecule has 1 aromatic heterocycles. The van der Waals surface area contributed by atoms with Crippen LogP contribution in [0.1, 0.15) is 5.56 Å². The Labute approximate surface area is 161 Å². The Balaban J connectivity index is 1.76. The van der Waals surface area contributed by atoms with Gasteiger partial charge in [0.15, 0.2) is 5.82 Å². The molecule has 4 rings (SSSR count). The van der Waals surface area contributed by atoms with Crippen molar-refractivity contribution in [1.82, 2.24) is 9.97 Å². The number of fused-ring (bicyclic) bond motifs is 1. The van der Waals surface area contributed by atoms with Gasteiger partial charge in [-0.15, -0.1) is 0 Å². The summed E-state index contributed by atoms with van der Waals surface area (Å²) in [4.78, 5) is 9.41. The Morgan fingerprint density at radius 3 is 2.35 bits per heavy atom. The molecule has 4 aromatic rings. The van der Waals surface area contributed by atoms with Crippen molar-refractivity contribution in [3.8, 4) is 11.4 Å². The maximum Gasteiger partial charge on any atom is 0.162 e. The molecule has 128 valence electrons. The third-order valence-corrected chi connectivity index (χ3v) is 4.82. The predicted octanol–water partition coefficient (Wildman–Crippen LogP) is 6.22. The Morgan fingerprint density at radius 1 is 0.769 bits per heavy atom. The van der Waals surface area contributed by atoms with Gasteiger partial charge < -0.3 is 5.32 Å². The SMILES string of the molecule is Clc1ccc(-c2nc(NCc3ccccc3)c3ccccc3n2)cc1Cl. The van der Waals surface area contributed by atoms with Crippen molar-refractivity contribution in [1.29, 1.82) is 0 Å². The number of anilines is 1. The minimum atomic E-state index is 0.486. The Bertz CT molecular complexity index is 1070. The van der Waals surface area contributed by atoms with Gasteiger partial charge in [-0.05, 0) is 35.9 Å². The van der Waals surface area contributed by atoms with Crippen LogP contribution in [-0.2, 0) is 6.54 Å². The summed E-state index contributed by atoms with van der Waals surface area (Å²) in [5.41, 5.74) is 2.89. The van der Waals surface area contributed by atoms with Crippen LogP contribution < -0.4 is 5.32 Å². The van der Waals surface area contributed by atoms with Gasteiger partial charge >= 0.3 is 0 Å². The van der Waals surface area contributed by atoms with Crippen molar-refractivity contribution in [2.75, 3.05) is 5.32 Å². The monoisotopic (exact) mass is 379 g/mol. The van der Waals surface area contributed by atoms with Crippen molar-refractivity contribution in [3.63, 3.8) is 0 Å². The molecule has 0 atom stereocenters. The van der Waals surface area contributed by atoms with Crippen LogP contribution in [0.2, 0.25) is 10.0 Å². The molecule has 0 amide bonds. The van der Waals surface area contributed by atoms with Gasteiger partial charge in [0.05, 0.1) is 15.6 Å². The number of nitrogens with one attached hydrogen (secondary N) is 1. The summed E-state index contributed by atoms with van der Waals surface area (Å²) in [7, 11) is 0. The molecular formula is C21H15Cl2N3. The van der Waals surface area contributed by atoms with E-state index >= 15 is 0 Å². The van der Waals surface area contributed by atoms with Gasteiger partial charge in [0, 0.05) is 17.5 Å². The topological polar surface area (TPSA) is 37.8 Å². The summed E-state index contributed by atoms with van der Waals surface area (Å²) in [5, 5.41) is 5.41. The van der Waals surface area contributed by atoms with Crippen LogP contribution in [0.4, 0.5) is 5.82 Å². The maximum atomic E-state index is 6.16. The second-order valence-electron chi connectivity index (χ2n) is 5.88. The number of aromatic nitrogens is 2. The second-order valence-corrected chi connectivity index (χ2v) is 6.70. The number of hydrogen-bond donors (Lipinski definition) is 1. The molecule has 3 aromatic carbocycles. The lowest BCUT2D eigenvalue weighted by Crippen LogP contribution is -2.04. The fraction of sp³-hybridized carbons (Fsp3) is 0.0476. The Hall–Kier alpha value is -2.62. The van der Waals surface area contributed by atoms with E-state index < -0.39 is 0 Å². The van der Waals surface area contributed by atoms with E-state index in [1.54, 1.807) is 12.1 Å². The third kappa shape index (κ3) is 3.50. The number of rotatable bonds is 4. The van der Waals surface area contributed by atoms with Crippen LogP contribution in [0.5, 0.6) is 0 Å². The molecule has 5 heteroatoms. The van der Waals surface area contributed by atoms with E-state index in [4.69, 9.17) is 28.2 Å². The van der Waals surface area contributed by atoms with Gasteiger partial charge in [0.25, 0.3) is 0 Å². The standard InChI is InChI=1S/C21H15Cl2N3/c22-17-11-10-15(12-18(17)23)20-25-19-9-5-4-8-16(19)21(26-20)24-13-14-6-2-1-3-7-14/h1-12H,13H2,(H,24,25,26). The van der Waals surface area contributed by atoms with Crippen LogP contribution in [0.15, 0.2) is 72.8 Å². The number of nitrogens with zero attached hydrogens (tertiary/aromatic N) is 2. The molecule has 0 saturated carbocycles. The molecule has 0 aliphatic heterocycles. The van der Waals surface area contributed by atoms with Gasteiger partial charge in [-0.1, -0.05) is 65.7 Å². The van der Waals surface area contributed by atoms with Crippen molar-refractivity contribution < 1.29 is 0 Å². The average molecular weight is 380 g/mol. The third-order valence-electron chi connectivity index (χ3n) is 4.08. The maximum absolute atomic E-state index is 6.16. The summed E-state index contributed by atoms with van der Waals surface area (Å²) in [6, 6.07) is 23.6. The summed E-state index contributed by atoms with van der Waals surface area (Å²) in [6.07, 6.45) is 0. The Kier molecular flexibility index (Phi) is 4.74. The van der Waals surface area contributed by atoms with E-state index in [0.29, 0.717) is 22.4 Å². The lowest BCUT2D eigenvalue weighted by atomic mass is 10.1. The first-order chi connectivity index (χ1) is 12.7. The molecule has 3 nitrogen and oxygen atoms in total. The first-order valence-corrected chi connectivity index (χ1v) is 8.96. The Morgan fingerprint density at radius 2 is 1.54 bits per heavy atom. The fourth-order valence-corrected chi connectivity index (χ4v) is 3.06. The van der Waals surface area contributed by atoms with Crippen molar-refractivity contribution in [3.05, 3.63) is 88.4 Å².